The summed E-state index contributed by atoms with van der Waals surface area (Å²) in [6, 6.07) is 4.29. The van der Waals surface area contributed by atoms with Gasteiger partial charge >= 0.3 is 0 Å². The molecule has 0 bridgehead atoms. The van der Waals surface area contributed by atoms with Crippen LogP contribution in [0.1, 0.15) is 6.42 Å². The molecule has 0 fully saturated rings. The van der Waals surface area contributed by atoms with E-state index in [4.69, 9.17) is 20.5 Å². The summed E-state index contributed by atoms with van der Waals surface area (Å²) in [4.78, 5) is 0. The highest BCUT2D eigenvalue weighted by molar-refractivity contribution is 7.91. The first-order valence-corrected chi connectivity index (χ1v) is 7.26. The first kappa shape index (κ1) is 13.8. The van der Waals surface area contributed by atoms with Crippen LogP contribution in [0.3, 0.4) is 0 Å². The first-order chi connectivity index (χ1) is 9.03. The summed E-state index contributed by atoms with van der Waals surface area (Å²) < 4.78 is 45.2. The van der Waals surface area contributed by atoms with Crippen molar-refractivity contribution in [3.8, 4) is 11.5 Å². The number of hydrogen-bond acceptors (Lipinski definition) is 5. The third kappa shape index (κ3) is 3.24. The minimum atomic E-state index is -3.63. The van der Waals surface area contributed by atoms with Crippen molar-refractivity contribution in [1.29, 1.82) is 0 Å². The fourth-order valence-electron chi connectivity index (χ4n) is 1.36. The quantitative estimate of drug-likeness (QED) is 0.848. The highest BCUT2D eigenvalue weighted by Gasteiger charge is 2.21. The molecular formula is C11H9ClFNO4S. The summed E-state index contributed by atoms with van der Waals surface area (Å²) >= 11 is 5.61. The molecule has 0 N–H and O–H groups in total. The van der Waals surface area contributed by atoms with Gasteiger partial charge in [-0.3, -0.25) is 0 Å². The van der Waals surface area contributed by atoms with Gasteiger partial charge in [-0.25, -0.2) is 12.8 Å². The fraction of sp³-hybridized carbons (Fsp3) is 0.182. The van der Waals surface area contributed by atoms with Gasteiger partial charge in [-0.1, -0.05) is 11.2 Å². The maximum atomic E-state index is 11.8. The van der Waals surface area contributed by atoms with Gasteiger partial charge in [0.2, 0.25) is 9.84 Å². The lowest BCUT2D eigenvalue weighted by molar-refractivity contribution is 0.339. The molecular weight excluding hydrogens is 297 g/mol. The van der Waals surface area contributed by atoms with E-state index in [0.29, 0.717) is 12.1 Å². The monoisotopic (exact) mass is 305 g/mol. The van der Waals surface area contributed by atoms with Gasteiger partial charge in [0.1, 0.15) is 0 Å². The van der Waals surface area contributed by atoms with Crippen molar-refractivity contribution in [2.24, 2.45) is 0 Å². The molecule has 0 aromatic carbocycles. The van der Waals surface area contributed by atoms with Gasteiger partial charge in [0.25, 0.3) is 5.09 Å². The van der Waals surface area contributed by atoms with Crippen molar-refractivity contribution < 1.29 is 21.7 Å². The summed E-state index contributed by atoms with van der Waals surface area (Å²) in [6.07, 6.45) is 1.47. The van der Waals surface area contributed by atoms with Crippen LogP contribution in [-0.4, -0.2) is 19.3 Å². The zero-order chi connectivity index (χ0) is 13.9. The standard InChI is InChI=1S/C11H9ClFNO4S/c12-10-4-3-9(17-10)8-7-11(18-14-8)19(15,16)6-2-1-5-13/h1,3-5,7H,2,6H2/b5-1+. The van der Waals surface area contributed by atoms with E-state index in [1.807, 2.05) is 0 Å². The number of furan rings is 1. The highest BCUT2D eigenvalue weighted by atomic mass is 35.5. The minimum absolute atomic E-state index is 0.0570. The Kier molecular flexibility index (Phi) is 4.06. The Morgan fingerprint density at radius 1 is 1.42 bits per heavy atom. The van der Waals surface area contributed by atoms with Crippen molar-refractivity contribution in [1.82, 2.24) is 5.16 Å². The van der Waals surface area contributed by atoms with E-state index in [-0.39, 0.29) is 28.2 Å². The normalized spacial score (nSPS) is 12.3. The molecule has 0 aliphatic heterocycles. The van der Waals surface area contributed by atoms with Crippen LogP contribution in [0.2, 0.25) is 5.22 Å². The van der Waals surface area contributed by atoms with Crippen LogP contribution in [0.15, 0.2) is 44.6 Å². The molecule has 0 saturated heterocycles. The van der Waals surface area contributed by atoms with E-state index in [9.17, 15) is 12.8 Å². The topological polar surface area (TPSA) is 73.3 Å². The van der Waals surface area contributed by atoms with E-state index in [1.165, 1.54) is 12.1 Å². The molecule has 0 spiro atoms. The molecule has 102 valence electrons. The highest BCUT2D eigenvalue weighted by Crippen LogP contribution is 2.26. The molecule has 8 heteroatoms. The van der Waals surface area contributed by atoms with Crippen LogP contribution in [0.5, 0.6) is 0 Å². The van der Waals surface area contributed by atoms with Crippen LogP contribution in [0.4, 0.5) is 4.39 Å². The van der Waals surface area contributed by atoms with Crippen LogP contribution in [0, 0.1) is 0 Å². The van der Waals surface area contributed by atoms with E-state index in [2.05, 4.69) is 5.16 Å². The molecule has 2 heterocycles. The summed E-state index contributed by atoms with van der Waals surface area (Å²) in [5.74, 6) is 0.0416. The molecule has 0 unspecified atom stereocenters. The van der Waals surface area contributed by atoms with Crippen molar-refractivity contribution in [3.05, 3.63) is 35.8 Å². The number of allylic oxidation sites excluding steroid dienone is 1. The second kappa shape index (κ2) is 5.58. The Hall–Kier alpha value is -1.60. The average Bonchev–Trinajstić information content (AvgIpc) is 2.97. The molecule has 0 amide bonds. The van der Waals surface area contributed by atoms with Gasteiger partial charge in [-0.15, -0.1) is 0 Å². The van der Waals surface area contributed by atoms with Gasteiger partial charge in [-0.2, -0.15) is 0 Å². The molecule has 0 aliphatic rings. The van der Waals surface area contributed by atoms with Gasteiger partial charge < -0.3 is 8.94 Å². The Morgan fingerprint density at radius 2 is 2.21 bits per heavy atom. The van der Waals surface area contributed by atoms with Gasteiger partial charge in [0, 0.05) is 6.07 Å². The van der Waals surface area contributed by atoms with Crippen LogP contribution >= 0.6 is 11.6 Å². The van der Waals surface area contributed by atoms with Gasteiger partial charge in [-0.05, 0) is 30.2 Å². The van der Waals surface area contributed by atoms with Crippen molar-refractivity contribution in [2.45, 2.75) is 11.5 Å². The Balaban J connectivity index is 2.21. The molecule has 0 atom stereocenters. The zero-order valence-electron chi connectivity index (χ0n) is 9.55. The summed E-state index contributed by atoms with van der Waals surface area (Å²) in [6.45, 7) is 0. The lowest BCUT2D eigenvalue weighted by Crippen LogP contribution is -2.04. The predicted octanol–water partition coefficient (Wildman–Crippen LogP) is 3.24. The van der Waals surface area contributed by atoms with Gasteiger partial charge in [0.15, 0.2) is 16.7 Å². The van der Waals surface area contributed by atoms with Gasteiger partial charge in [0.05, 0.1) is 12.1 Å². The summed E-state index contributed by atoms with van der Waals surface area (Å²) in [5, 5.41) is 3.47. The number of halogens is 2. The number of aromatic nitrogens is 1. The molecule has 0 aliphatic carbocycles. The van der Waals surface area contributed by atoms with E-state index >= 15 is 0 Å². The molecule has 0 saturated carbocycles. The molecule has 2 aromatic heterocycles. The number of hydrogen-bond donors (Lipinski definition) is 0. The number of nitrogens with zero attached hydrogens (tertiary/aromatic N) is 1. The van der Waals surface area contributed by atoms with Crippen molar-refractivity contribution in [3.63, 3.8) is 0 Å². The third-order valence-corrected chi connectivity index (χ3v) is 4.04. The predicted molar refractivity (Wildman–Crippen MR) is 66.1 cm³/mol. The summed E-state index contributed by atoms with van der Waals surface area (Å²) in [7, 11) is -3.63. The second-order valence-electron chi connectivity index (χ2n) is 3.60. The van der Waals surface area contributed by atoms with E-state index < -0.39 is 9.84 Å². The third-order valence-electron chi connectivity index (χ3n) is 2.26. The molecule has 2 rings (SSSR count). The fourth-order valence-corrected chi connectivity index (χ4v) is 2.60. The number of sulfone groups is 1. The maximum Gasteiger partial charge on any atom is 0.251 e. The zero-order valence-corrected chi connectivity index (χ0v) is 11.1. The SMILES string of the molecule is O=S(=O)(CC/C=C/F)c1cc(-c2ccc(Cl)o2)no1. The molecule has 5 nitrogen and oxygen atoms in total. The van der Waals surface area contributed by atoms with Crippen LogP contribution in [-0.2, 0) is 9.84 Å². The smallest absolute Gasteiger partial charge is 0.251 e. The Morgan fingerprint density at radius 3 is 2.84 bits per heavy atom. The molecule has 2 aromatic rings. The van der Waals surface area contributed by atoms with Crippen LogP contribution < -0.4 is 0 Å². The first-order valence-electron chi connectivity index (χ1n) is 5.23. The van der Waals surface area contributed by atoms with E-state index in [1.54, 1.807) is 6.07 Å². The molecule has 19 heavy (non-hydrogen) atoms. The largest absolute Gasteiger partial charge is 0.443 e. The maximum absolute atomic E-state index is 11.8. The lowest BCUT2D eigenvalue weighted by Gasteiger charge is -1.95. The minimum Gasteiger partial charge on any atom is -0.443 e. The Labute approximate surface area is 113 Å². The van der Waals surface area contributed by atoms with Crippen LogP contribution in [0.25, 0.3) is 11.5 Å². The van der Waals surface area contributed by atoms with Crippen molar-refractivity contribution >= 4 is 21.4 Å². The second-order valence-corrected chi connectivity index (χ2v) is 6.02. The number of rotatable bonds is 5. The van der Waals surface area contributed by atoms with Crippen molar-refractivity contribution in [2.75, 3.05) is 5.75 Å². The van der Waals surface area contributed by atoms with E-state index in [0.717, 1.165) is 6.08 Å². The average molecular weight is 306 g/mol. The summed E-state index contributed by atoms with van der Waals surface area (Å²) in [5.41, 5.74) is 0.228. The Bertz CT molecular complexity index is 689. The lowest BCUT2D eigenvalue weighted by atomic mass is 10.3. The molecule has 0 radical (unpaired) electrons.